The molecule has 0 unspecified atom stereocenters. The molecular weight excluding hydrogens is 334 g/mol. The minimum atomic E-state index is -3.51. The highest BCUT2D eigenvalue weighted by molar-refractivity contribution is 9.10. The van der Waals surface area contributed by atoms with Crippen LogP contribution in [0.5, 0.6) is 0 Å². The predicted molar refractivity (Wildman–Crippen MR) is 73.3 cm³/mol. The molecule has 7 heteroatoms. The summed E-state index contributed by atoms with van der Waals surface area (Å²) in [7, 11) is -3.51. The van der Waals surface area contributed by atoms with E-state index in [1.165, 1.54) is 4.31 Å². The van der Waals surface area contributed by atoms with E-state index in [4.69, 9.17) is 5.11 Å². The Hall–Kier alpha value is -0.920. The predicted octanol–water partition coefficient (Wildman–Crippen LogP) is 1.93. The third kappa shape index (κ3) is 3.16. The monoisotopic (exact) mass is 347 g/mol. The van der Waals surface area contributed by atoms with Gasteiger partial charge in [-0.1, -0.05) is 15.9 Å². The molecular formula is C12H14BrNO4S. The Morgan fingerprint density at radius 1 is 1.21 bits per heavy atom. The fourth-order valence-electron chi connectivity index (χ4n) is 2.10. The van der Waals surface area contributed by atoms with Gasteiger partial charge in [-0.05, 0) is 37.1 Å². The summed E-state index contributed by atoms with van der Waals surface area (Å²) >= 11 is 3.26. The Labute approximate surface area is 120 Å². The molecule has 1 aliphatic heterocycles. The third-order valence-corrected chi connectivity index (χ3v) is 5.70. The third-order valence-electron chi connectivity index (χ3n) is 3.25. The zero-order valence-corrected chi connectivity index (χ0v) is 12.5. The largest absolute Gasteiger partial charge is 0.481 e. The van der Waals surface area contributed by atoms with Gasteiger partial charge >= 0.3 is 5.97 Å². The average molecular weight is 348 g/mol. The summed E-state index contributed by atoms with van der Waals surface area (Å²) in [6, 6.07) is 6.44. The van der Waals surface area contributed by atoms with Crippen LogP contribution in [-0.4, -0.2) is 36.9 Å². The minimum absolute atomic E-state index is 0.240. The van der Waals surface area contributed by atoms with Gasteiger partial charge in [0.15, 0.2) is 0 Å². The fourth-order valence-corrected chi connectivity index (χ4v) is 3.83. The molecule has 1 fully saturated rings. The highest BCUT2D eigenvalue weighted by Crippen LogP contribution is 2.24. The van der Waals surface area contributed by atoms with Gasteiger partial charge in [-0.3, -0.25) is 4.79 Å². The maximum Gasteiger partial charge on any atom is 0.306 e. The molecule has 0 amide bonds. The van der Waals surface area contributed by atoms with Crippen molar-refractivity contribution in [2.24, 2.45) is 5.92 Å². The zero-order chi connectivity index (χ0) is 14.0. The molecule has 1 N–H and O–H groups in total. The first-order chi connectivity index (χ1) is 8.91. The van der Waals surface area contributed by atoms with Crippen LogP contribution in [0, 0.1) is 5.92 Å². The van der Waals surface area contributed by atoms with Crippen LogP contribution in [0.25, 0.3) is 0 Å². The van der Waals surface area contributed by atoms with Crippen LogP contribution in [0.3, 0.4) is 0 Å². The maximum absolute atomic E-state index is 12.3. The van der Waals surface area contributed by atoms with E-state index < -0.39 is 21.9 Å². The van der Waals surface area contributed by atoms with Gasteiger partial charge in [0, 0.05) is 17.6 Å². The lowest BCUT2D eigenvalue weighted by atomic mass is 9.99. The highest BCUT2D eigenvalue weighted by Gasteiger charge is 2.31. The van der Waals surface area contributed by atoms with Crippen molar-refractivity contribution in [2.75, 3.05) is 13.1 Å². The number of carbonyl (C=O) groups is 1. The number of nitrogens with zero attached hydrogens (tertiary/aromatic N) is 1. The van der Waals surface area contributed by atoms with Gasteiger partial charge in [-0.15, -0.1) is 0 Å². The molecule has 0 bridgehead atoms. The Morgan fingerprint density at radius 2 is 1.74 bits per heavy atom. The lowest BCUT2D eigenvalue weighted by molar-refractivity contribution is -0.142. The lowest BCUT2D eigenvalue weighted by Crippen LogP contribution is -2.40. The summed E-state index contributed by atoms with van der Waals surface area (Å²) in [6.07, 6.45) is 0.732. The molecule has 0 saturated carbocycles. The van der Waals surface area contributed by atoms with Crippen LogP contribution in [0.1, 0.15) is 12.8 Å². The second-order valence-electron chi connectivity index (χ2n) is 4.47. The minimum Gasteiger partial charge on any atom is -0.481 e. The molecule has 0 spiro atoms. The molecule has 1 heterocycles. The van der Waals surface area contributed by atoms with Crippen LogP contribution in [0.2, 0.25) is 0 Å². The number of sulfonamides is 1. The molecule has 0 atom stereocenters. The van der Waals surface area contributed by atoms with Crippen molar-refractivity contribution in [3.8, 4) is 0 Å². The summed E-state index contributed by atoms with van der Waals surface area (Å²) < 4.78 is 26.8. The van der Waals surface area contributed by atoms with Crippen LogP contribution in [-0.2, 0) is 14.8 Å². The topological polar surface area (TPSA) is 74.7 Å². The molecule has 1 aromatic carbocycles. The van der Waals surface area contributed by atoms with Crippen molar-refractivity contribution >= 4 is 31.9 Å². The number of halogens is 1. The van der Waals surface area contributed by atoms with E-state index in [1.54, 1.807) is 24.3 Å². The summed E-state index contributed by atoms with van der Waals surface area (Å²) in [5, 5.41) is 8.90. The lowest BCUT2D eigenvalue weighted by Gasteiger charge is -2.29. The number of carboxylic acids is 1. The quantitative estimate of drug-likeness (QED) is 0.906. The Bertz CT molecular complexity index is 562. The Kier molecular flexibility index (Phi) is 4.27. The van der Waals surface area contributed by atoms with E-state index in [-0.39, 0.29) is 18.0 Å². The molecule has 1 saturated heterocycles. The number of hydrogen-bond acceptors (Lipinski definition) is 3. The molecule has 2 rings (SSSR count). The fraction of sp³-hybridized carbons (Fsp3) is 0.417. The van der Waals surface area contributed by atoms with Crippen LogP contribution in [0.4, 0.5) is 0 Å². The Balaban J connectivity index is 2.14. The van der Waals surface area contributed by atoms with Gasteiger partial charge in [0.05, 0.1) is 10.8 Å². The van der Waals surface area contributed by atoms with Gasteiger partial charge in [0.25, 0.3) is 0 Å². The average Bonchev–Trinajstić information content (AvgIpc) is 2.39. The Morgan fingerprint density at radius 3 is 2.21 bits per heavy atom. The first kappa shape index (κ1) is 14.5. The second kappa shape index (κ2) is 5.60. The maximum atomic E-state index is 12.3. The normalized spacial score (nSPS) is 18.4. The van der Waals surface area contributed by atoms with Gasteiger partial charge < -0.3 is 5.11 Å². The van der Waals surface area contributed by atoms with Gasteiger partial charge in [0.2, 0.25) is 10.0 Å². The van der Waals surface area contributed by atoms with Crippen LogP contribution in [0.15, 0.2) is 33.6 Å². The summed E-state index contributed by atoms with van der Waals surface area (Å²) in [6.45, 7) is 0.519. The van der Waals surface area contributed by atoms with E-state index in [9.17, 15) is 13.2 Å². The van der Waals surface area contributed by atoms with Crippen molar-refractivity contribution in [3.05, 3.63) is 28.7 Å². The van der Waals surface area contributed by atoms with E-state index >= 15 is 0 Å². The number of benzene rings is 1. The zero-order valence-electron chi connectivity index (χ0n) is 10.1. The SMILES string of the molecule is O=C(O)C1CCN(S(=O)(=O)c2ccc(Br)cc2)CC1. The van der Waals surface area contributed by atoms with E-state index in [0.717, 1.165) is 4.47 Å². The van der Waals surface area contributed by atoms with Crippen molar-refractivity contribution in [3.63, 3.8) is 0 Å². The van der Waals surface area contributed by atoms with Crippen molar-refractivity contribution in [1.29, 1.82) is 0 Å². The number of aliphatic carboxylic acids is 1. The molecule has 0 radical (unpaired) electrons. The van der Waals surface area contributed by atoms with E-state index in [2.05, 4.69) is 15.9 Å². The number of carboxylic acid groups (broad SMARTS) is 1. The van der Waals surface area contributed by atoms with E-state index in [1.807, 2.05) is 0 Å². The molecule has 0 aromatic heterocycles. The summed E-state index contributed by atoms with van der Waals surface area (Å²) in [5.41, 5.74) is 0. The number of piperidine rings is 1. The first-order valence-corrected chi connectivity index (χ1v) is 8.13. The van der Waals surface area contributed by atoms with Crippen molar-refractivity contribution < 1.29 is 18.3 Å². The summed E-state index contributed by atoms with van der Waals surface area (Å²) in [4.78, 5) is 11.1. The van der Waals surface area contributed by atoms with Crippen LogP contribution >= 0.6 is 15.9 Å². The number of hydrogen-bond donors (Lipinski definition) is 1. The van der Waals surface area contributed by atoms with Crippen LogP contribution < -0.4 is 0 Å². The second-order valence-corrected chi connectivity index (χ2v) is 7.32. The smallest absolute Gasteiger partial charge is 0.306 e. The number of rotatable bonds is 3. The molecule has 19 heavy (non-hydrogen) atoms. The van der Waals surface area contributed by atoms with Gasteiger partial charge in [-0.25, -0.2) is 8.42 Å². The standard InChI is InChI=1S/C12H14BrNO4S/c13-10-1-3-11(4-2-10)19(17,18)14-7-5-9(6-8-14)12(15)16/h1-4,9H,5-8H2,(H,15,16). The first-order valence-electron chi connectivity index (χ1n) is 5.90. The molecule has 5 nitrogen and oxygen atoms in total. The van der Waals surface area contributed by atoms with Crippen molar-refractivity contribution in [1.82, 2.24) is 4.31 Å². The van der Waals surface area contributed by atoms with E-state index in [0.29, 0.717) is 12.8 Å². The highest BCUT2D eigenvalue weighted by atomic mass is 79.9. The van der Waals surface area contributed by atoms with Gasteiger partial charge in [-0.2, -0.15) is 4.31 Å². The molecule has 1 aliphatic rings. The molecule has 104 valence electrons. The van der Waals surface area contributed by atoms with Gasteiger partial charge in [0.1, 0.15) is 0 Å². The molecule has 1 aromatic rings. The van der Waals surface area contributed by atoms with Crippen molar-refractivity contribution in [2.45, 2.75) is 17.7 Å². The summed E-state index contributed by atoms with van der Waals surface area (Å²) in [5.74, 6) is -1.28. The molecule has 0 aliphatic carbocycles.